The van der Waals surface area contributed by atoms with Gasteiger partial charge in [0.05, 0.1) is 0 Å². The SMILES string of the molecule is CC(CC(C)[Si]1CCCCO1)c1ccccc1. The summed E-state index contributed by atoms with van der Waals surface area (Å²) in [4.78, 5) is 0. The molecule has 1 heterocycles. The van der Waals surface area contributed by atoms with E-state index in [2.05, 4.69) is 44.2 Å². The van der Waals surface area contributed by atoms with Gasteiger partial charge in [-0.05, 0) is 35.9 Å². The third-order valence-electron chi connectivity index (χ3n) is 3.73. The maximum Gasteiger partial charge on any atom is 0.214 e. The van der Waals surface area contributed by atoms with Crippen LogP contribution in [-0.4, -0.2) is 15.6 Å². The molecule has 0 aromatic heterocycles. The molecule has 2 unspecified atom stereocenters. The van der Waals surface area contributed by atoms with Crippen LogP contribution < -0.4 is 0 Å². The molecule has 1 aliphatic rings. The van der Waals surface area contributed by atoms with E-state index in [0.717, 1.165) is 12.1 Å². The first kappa shape index (κ1) is 12.8. The number of hydrogen-bond donors (Lipinski definition) is 0. The summed E-state index contributed by atoms with van der Waals surface area (Å²) in [6.07, 6.45) is 3.94. The lowest BCUT2D eigenvalue weighted by Gasteiger charge is -2.27. The first-order chi connectivity index (χ1) is 8.27. The van der Waals surface area contributed by atoms with Crippen molar-refractivity contribution in [3.05, 3.63) is 35.9 Å². The predicted octanol–water partition coefficient (Wildman–Crippen LogP) is 4.37. The zero-order valence-electron chi connectivity index (χ0n) is 11.0. The van der Waals surface area contributed by atoms with E-state index in [0.29, 0.717) is 5.92 Å². The Balaban J connectivity index is 1.87. The second-order valence-corrected chi connectivity index (χ2v) is 7.93. The van der Waals surface area contributed by atoms with Crippen LogP contribution in [-0.2, 0) is 4.43 Å². The Hall–Kier alpha value is -0.603. The molecule has 1 saturated heterocycles. The van der Waals surface area contributed by atoms with Crippen molar-refractivity contribution >= 4 is 9.04 Å². The fourth-order valence-corrected chi connectivity index (χ4v) is 5.19. The van der Waals surface area contributed by atoms with Crippen LogP contribution >= 0.6 is 0 Å². The molecule has 17 heavy (non-hydrogen) atoms. The van der Waals surface area contributed by atoms with Crippen molar-refractivity contribution in [2.75, 3.05) is 6.61 Å². The Labute approximate surface area is 107 Å². The summed E-state index contributed by atoms with van der Waals surface area (Å²) in [5.74, 6) is 0.661. The normalized spacial score (nSPS) is 21.1. The second-order valence-electron chi connectivity index (χ2n) is 5.22. The summed E-state index contributed by atoms with van der Waals surface area (Å²) in [5, 5.41) is 0. The third kappa shape index (κ3) is 3.68. The predicted molar refractivity (Wildman–Crippen MR) is 74.6 cm³/mol. The number of rotatable bonds is 4. The van der Waals surface area contributed by atoms with Gasteiger partial charge in [0.1, 0.15) is 0 Å². The van der Waals surface area contributed by atoms with E-state index in [1.165, 1.54) is 30.9 Å². The topological polar surface area (TPSA) is 9.23 Å². The smallest absolute Gasteiger partial charge is 0.214 e. The average molecular weight is 247 g/mol. The Kier molecular flexibility index (Phi) is 4.81. The minimum absolute atomic E-state index is 0.528. The minimum atomic E-state index is -0.528. The van der Waals surface area contributed by atoms with Crippen LogP contribution in [0.3, 0.4) is 0 Å². The highest BCUT2D eigenvalue weighted by molar-refractivity contribution is 6.53. The molecule has 0 saturated carbocycles. The van der Waals surface area contributed by atoms with Gasteiger partial charge in [-0.3, -0.25) is 0 Å². The highest BCUT2D eigenvalue weighted by Crippen LogP contribution is 2.31. The maximum atomic E-state index is 5.98. The number of benzene rings is 1. The van der Waals surface area contributed by atoms with E-state index >= 15 is 0 Å². The summed E-state index contributed by atoms with van der Waals surface area (Å²) in [6.45, 7) is 5.74. The molecule has 1 aromatic carbocycles. The maximum absolute atomic E-state index is 5.98. The van der Waals surface area contributed by atoms with E-state index < -0.39 is 9.04 Å². The zero-order valence-corrected chi connectivity index (χ0v) is 12.0. The van der Waals surface area contributed by atoms with E-state index in [1.807, 2.05) is 0 Å². The molecule has 93 valence electrons. The van der Waals surface area contributed by atoms with Gasteiger partial charge in [-0.2, -0.15) is 0 Å². The Morgan fingerprint density at radius 3 is 2.59 bits per heavy atom. The van der Waals surface area contributed by atoms with Gasteiger partial charge in [-0.15, -0.1) is 0 Å². The van der Waals surface area contributed by atoms with E-state index in [-0.39, 0.29) is 0 Å². The van der Waals surface area contributed by atoms with Gasteiger partial charge in [0.15, 0.2) is 0 Å². The lowest BCUT2D eigenvalue weighted by Crippen LogP contribution is -2.28. The van der Waals surface area contributed by atoms with E-state index in [4.69, 9.17) is 4.43 Å². The second kappa shape index (κ2) is 6.36. The standard InChI is InChI=1S/C15H23OSi/c1-13(15-8-4-3-5-9-15)12-14(2)17-11-7-6-10-16-17/h3-5,8-9,13-14H,6-7,10-12H2,1-2H3. The Bertz CT molecular complexity index is 319. The first-order valence-electron chi connectivity index (χ1n) is 6.81. The van der Waals surface area contributed by atoms with Crippen LogP contribution in [0.15, 0.2) is 30.3 Å². The van der Waals surface area contributed by atoms with Crippen LogP contribution in [0.4, 0.5) is 0 Å². The molecule has 1 fully saturated rings. The number of hydrogen-bond acceptors (Lipinski definition) is 1. The summed E-state index contributed by atoms with van der Waals surface area (Å²) in [7, 11) is -0.528. The summed E-state index contributed by atoms with van der Waals surface area (Å²) >= 11 is 0. The fraction of sp³-hybridized carbons (Fsp3) is 0.600. The van der Waals surface area contributed by atoms with Crippen LogP contribution in [0.5, 0.6) is 0 Å². The van der Waals surface area contributed by atoms with Crippen LogP contribution in [0.1, 0.15) is 44.6 Å². The molecule has 0 spiro atoms. The van der Waals surface area contributed by atoms with Gasteiger partial charge in [0.2, 0.25) is 9.04 Å². The molecule has 1 aliphatic heterocycles. The van der Waals surface area contributed by atoms with Crippen molar-refractivity contribution in [1.29, 1.82) is 0 Å². The van der Waals surface area contributed by atoms with Crippen molar-refractivity contribution in [2.45, 2.75) is 50.6 Å². The van der Waals surface area contributed by atoms with Gasteiger partial charge in [0, 0.05) is 6.61 Å². The van der Waals surface area contributed by atoms with Crippen molar-refractivity contribution < 1.29 is 4.43 Å². The third-order valence-corrected chi connectivity index (χ3v) is 6.49. The van der Waals surface area contributed by atoms with Crippen molar-refractivity contribution in [3.8, 4) is 0 Å². The molecule has 1 nitrogen and oxygen atoms in total. The van der Waals surface area contributed by atoms with Crippen LogP contribution in [0, 0.1) is 0 Å². The molecule has 1 aromatic rings. The lowest BCUT2D eigenvalue weighted by molar-refractivity contribution is 0.278. The molecule has 1 radical (unpaired) electrons. The molecular weight excluding hydrogens is 224 g/mol. The van der Waals surface area contributed by atoms with E-state index in [1.54, 1.807) is 0 Å². The van der Waals surface area contributed by atoms with Crippen LogP contribution in [0.25, 0.3) is 0 Å². The molecule has 2 rings (SSSR count). The van der Waals surface area contributed by atoms with Crippen molar-refractivity contribution in [3.63, 3.8) is 0 Å². The summed E-state index contributed by atoms with van der Waals surface area (Å²) in [5.41, 5.74) is 2.24. The average Bonchev–Trinajstić information content (AvgIpc) is 2.40. The van der Waals surface area contributed by atoms with Gasteiger partial charge in [0.25, 0.3) is 0 Å². The molecule has 2 heteroatoms. The van der Waals surface area contributed by atoms with Gasteiger partial charge >= 0.3 is 0 Å². The molecule has 0 N–H and O–H groups in total. The van der Waals surface area contributed by atoms with Gasteiger partial charge in [-0.1, -0.05) is 50.6 Å². The largest absolute Gasteiger partial charge is 0.416 e. The monoisotopic (exact) mass is 247 g/mol. The quantitative estimate of drug-likeness (QED) is 0.718. The summed E-state index contributed by atoms with van der Waals surface area (Å²) in [6, 6.07) is 12.2. The molecular formula is C15H23OSi. The zero-order chi connectivity index (χ0) is 12.1. The Morgan fingerprint density at radius 2 is 1.94 bits per heavy atom. The van der Waals surface area contributed by atoms with Crippen molar-refractivity contribution in [2.24, 2.45) is 0 Å². The molecule has 0 bridgehead atoms. The molecule has 0 aliphatic carbocycles. The fourth-order valence-electron chi connectivity index (χ4n) is 2.64. The highest BCUT2D eigenvalue weighted by Gasteiger charge is 2.25. The Morgan fingerprint density at radius 1 is 1.18 bits per heavy atom. The highest BCUT2D eigenvalue weighted by atomic mass is 28.3. The van der Waals surface area contributed by atoms with Gasteiger partial charge in [-0.25, -0.2) is 0 Å². The molecule has 2 atom stereocenters. The van der Waals surface area contributed by atoms with Gasteiger partial charge < -0.3 is 4.43 Å². The minimum Gasteiger partial charge on any atom is -0.416 e. The van der Waals surface area contributed by atoms with E-state index in [9.17, 15) is 0 Å². The summed E-state index contributed by atoms with van der Waals surface area (Å²) < 4.78 is 5.98. The first-order valence-corrected chi connectivity index (χ1v) is 8.50. The van der Waals surface area contributed by atoms with Crippen LogP contribution in [0.2, 0.25) is 11.6 Å². The molecule has 0 amide bonds. The lowest BCUT2D eigenvalue weighted by atomic mass is 9.96. The van der Waals surface area contributed by atoms with Crippen molar-refractivity contribution in [1.82, 2.24) is 0 Å².